The predicted octanol–water partition coefficient (Wildman–Crippen LogP) is 2.12. The van der Waals surface area contributed by atoms with E-state index in [4.69, 9.17) is 4.74 Å². The number of hydrogen-bond acceptors (Lipinski definition) is 4. The first kappa shape index (κ1) is 14.4. The van der Waals surface area contributed by atoms with Crippen molar-refractivity contribution in [2.75, 3.05) is 32.7 Å². The Morgan fingerprint density at radius 1 is 1.21 bits per heavy atom. The highest BCUT2D eigenvalue weighted by Crippen LogP contribution is 2.22. The highest BCUT2D eigenvalue weighted by molar-refractivity contribution is 5.19. The average molecular weight is 265 g/mol. The summed E-state index contributed by atoms with van der Waals surface area (Å²) in [5.41, 5.74) is 1.47. The van der Waals surface area contributed by atoms with Crippen molar-refractivity contribution in [2.45, 2.75) is 39.7 Å². The van der Waals surface area contributed by atoms with Crippen molar-refractivity contribution in [3.63, 3.8) is 0 Å². The molecule has 1 N–H and O–H groups in total. The molecule has 0 radical (unpaired) electrons. The second kappa shape index (κ2) is 5.55. The molecule has 2 rings (SSSR count). The molecule has 0 aromatic heterocycles. The fraction of sp³-hybridized carbons (Fsp3) is 0.733. The topological polar surface area (TPSA) is 27.7 Å². The summed E-state index contributed by atoms with van der Waals surface area (Å²) in [5.74, 6) is 1.71. The number of hydrogen-bond donors (Lipinski definition) is 1. The number of piperazine rings is 1. The maximum absolute atomic E-state index is 5.58. The molecule has 0 saturated carbocycles. The summed E-state index contributed by atoms with van der Waals surface area (Å²) >= 11 is 0. The van der Waals surface area contributed by atoms with Gasteiger partial charge in [-0.05, 0) is 27.4 Å². The van der Waals surface area contributed by atoms with Crippen LogP contribution in [0.5, 0.6) is 0 Å². The molecule has 4 nitrogen and oxygen atoms in total. The largest absolute Gasteiger partial charge is 0.444 e. The first-order chi connectivity index (χ1) is 8.90. The van der Waals surface area contributed by atoms with E-state index in [1.807, 2.05) is 0 Å². The van der Waals surface area contributed by atoms with Gasteiger partial charge in [-0.25, -0.2) is 0 Å². The minimum atomic E-state index is 0.281. The van der Waals surface area contributed by atoms with Gasteiger partial charge in [-0.15, -0.1) is 0 Å². The zero-order valence-electron chi connectivity index (χ0n) is 12.8. The minimum Gasteiger partial charge on any atom is -0.444 e. The van der Waals surface area contributed by atoms with Crippen LogP contribution < -0.4 is 5.32 Å². The number of nitrogens with zero attached hydrogens (tertiary/aromatic N) is 2. The van der Waals surface area contributed by atoms with E-state index in [2.05, 4.69) is 49.4 Å². The second-order valence-corrected chi connectivity index (χ2v) is 6.34. The van der Waals surface area contributed by atoms with Crippen molar-refractivity contribution in [1.82, 2.24) is 15.1 Å². The Kier molecular flexibility index (Phi) is 4.21. The summed E-state index contributed by atoms with van der Waals surface area (Å²) in [7, 11) is 0. The Bertz CT molecular complexity index is 373. The van der Waals surface area contributed by atoms with Crippen molar-refractivity contribution in [3.8, 4) is 0 Å². The molecule has 0 aromatic rings. The van der Waals surface area contributed by atoms with Crippen LogP contribution in [0.3, 0.4) is 0 Å². The Morgan fingerprint density at radius 2 is 1.84 bits per heavy atom. The fourth-order valence-corrected chi connectivity index (χ4v) is 2.69. The molecule has 2 aliphatic heterocycles. The van der Waals surface area contributed by atoms with Gasteiger partial charge in [0.15, 0.2) is 5.88 Å². The number of nitrogens with one attached hydrogen (secondary N) is 1. The standard InChI is InChI=1S/C15H27N3O/c1-6-14-13(16-12(2)19-14)11-17-7-9-18(10-8-17)15(3,4)5/h16H,2,6-11H2,1,3-5H3. The van der Waals surface area contributed by atoms with Gasteiger partial charge in [-0.2, -0.15) is 0 Å². The molecule has 4 heteroatoms. The van der Waals surface area contributed by atoms with E-state index in [0.717, 1.165) is 44.9 Å². The predicted molar refractivity (Wildman–Crippen MR) is 78.4 cm³/mol. The Labute approximate surface area is 117 Å². The van der Waals surface area contributed by atoms with Crippen LogP contribution in [-0.4, -0.2) is 48.1 Å². The lowest BCUT2D eigenvalue weighted by Gasteiger charge is -2.42. The SMILES string of the molecule is C=C1NC(CN2CCN(C(C)(C)C)CC2)=C(CC)O1. The van der Waals surface area contributed by atoms with Crippen LogP contribution in [0, 0.1) is 0 Å². The molecule has 0 aromatic carbocycles. The summed E-state index contributed by atoms with van der Waals surface area (Å²) in [6.45, 7) is 18.3. The molecule has 2 heterocycles. The van der Waals surface area contributed by atoms with Gasteiger partial charge in [0.25, 0.3) is 0 Å². The lowest BCUT2D eigenvalue weighted by atomic mass is 10.0. The van der Waals surface area contributed by atoms with Crippen molar-refractivity contribution in [2.24, 2.45) is 0 Å². The Balaban J connectivity index is 1.88. The number of ether oxygens (including phenoxy) is 1. The van der Waals surface area contributed by atoms with Gasteiger partial charge in [-0.1, -0.05) is 6.92 Å². The molecule has 19 heavy (non-hydrogen) atoms. The molecule has 1 fully saturated rings. The zero-order chi connectivity index (χ0) is 14.0. The van der Waals surface area contributed by atoms with E-state index in [9.17, 15) is 0 Å². The third-order valence-electron chi connectivity index (χ3n) is 3.90. The maximum Gasteiger partial charge on any atom is 0.190 e. The van der Waals surface area contributed by atoms with Crippen molar-refractivity contribution in [3.05, 3.63) is 23.9 Å². The molecule has 0 bridgehead atoms. The minimum absolute atomic E-state index is 0.281. The first-order valence-corrected chi connectivity index (χ1v) is 7.23. The number of allylic oxidation sites excluding steroid dienone is 1. The molecule has 0 amide bonds. The van der Waals surface area contributed by atoms with Crippen LogP contribution in [-0.2, 0) is 4.74 Å². The second-order valence-electron chi connectivity index (χ2n) is 6.34. The van der Waals surface area contributed by atoms with Crippen LogP contribution in [0.4, 0.5) is 0 Å². The van der Waals surface area contributed by atoms with Crippen LogP contribution in [0.15, 0.2) is 23.9 Å². The molecule has 1 saturated heterocycles. The van der Waals surface area contributed by atoms with Gasteiger partial charge in [0.05, 0.1) is 5.70 Å². The molecule has 2 aliphatic rings. The number of rotatable bonds is 3. The highest BCUT2D eigenvalue weighted by Gasteiger charge is 2.27. The monoisotopic (exact) mass is 265 g/mol. The maximum atomic E-state index is 5.58. The van der Waals surface area contributed by atoms with E-state index in [1.54, 1.807) is 0 Å². The smallest absolute Gasteiger partial charge is 0.190 e. The van der Waals surface area contributed by atoms with Gasteiger partial charge in [0, 0.05) is 44.7 Å². The normalized spacial score (nSPS) is 22.6. The first-order valence-electron chi connectivity index (χ1n) is 7.23. The lowest BCUT2D eigenvalue weighted by Crippen LogP contribution is -2.53. The van der Waals surface area contributed by atoms with Crippen LogP contribution in [0.2, 0.25) is 0 Å². The van der Waals surface area contributed by atoms with E-state index in [1.165, 1.54) is 5.70 Å². The highest BCUT2D eigenvalue weighted by atomic mass is 16.5. The van der Waals surface area contributed by atoms with E-state index in [0.29, 0.717) is 5.88 Å². The van der Waals surface area contributed by atoms with E-state index >= 15 is 0 Å². The summed E-state index contributed by atoms with van der Waals surface area (Å²) in [6, 6.07) is 0. The van der Waals surface area contributed by atoms with Gasteiger partial charge in [-0.3, -0.25) is 9.80 Å². The lowest BCUT2D eigenvalue weighted by molar-refractivity contribution is 0.0659. The third kappa shape index (κ3) is 3.51. The molecule has 108 valence electrons. The summed E-state index contributed by atoms with van der Waals surface area (Å²) in [4.78, 5) is 5.04. The summed E-state index contributed by atoms with van der Waals surface area (Å²) in [5, 5.41) is 3.25. The van der Waals surface area contributed by atoms with Crippen molar-refractivity contribution < 1.29 is 4.74 Å². The zero-order valence-corrected chi connectivity index (χ0v) is 12.8. The van der Waals surface area contributed by atoms with Crippen molar-refractivity contribution in [1.29, 1.82) is 0 Å². The van der Waals surface area contributed by atoms with E-state index in [-0.39, 0.29) is 5.54 Å². The van der Waals surface area contributed by atoms with Crippen molar-refractivity contribution >= 4 is 0 Å². The molecular formula is C15H27N3O. The molecular weight excluding hydrogens is 238 g/mol. The van der Waals surface area contributed by atoms with Crippen LogP contribution >= 0.6 is 0 Å². The van der Waals surface area contributed by atoms with Gasteiger partial charge >= 0.3 is 0 Å². The Morgan fingerprint density at radius 3 is 2.37 bits per heavy atom. The Hall–Kier alpha value is -1.00. The summed E-state index contributed by atoms with van der Waals surface area (Å²) in [6.07, 6.45) is 0.920. The van der Waals surface area contributed by atoms with Crippen LogP contribution in [0.1, 0.15) is 34.1 Å². The third-order valence-corrected chi connectivity index (χ3v) is 3.90. The van der Waals surface area contributed by atoms with Crippen LogP contribution in [0.25, 0.3) is 0 Å². The molecule has 0 unspecified atom stereocenters. The molecule has 0 atom stereocenters. The molecule has 0 aliphatic carbocycles. The summed E-state index contributed by atoms with van der Waals surface area (Å²) < 4.78 is 5.58. The van der Waals surface area contributed by atoms with E-state index < -0.39 is 0 Å². The van der Waals surface area contributed by atoms with Gasteiger partial charge in [0.1, 0.15) is 5.76 Å². The van der Waals surface area contributed by atoms with Gasteiger partial charge < -0.3 is 10.1 Å². The average Bonchev–Trinajstić information content (AvgIpc) is 2.69. The van der Waals surface area contributed by atoms with Gasteiger partial charge in [0.2, 0.25) is 0 Å². The molecule has 0 spiro atoms. The quantitative estimate of drug-likeness (QED) is 0.846. The fourth-order valence-electron chi connectivity index (χ4n) is 2.69.